The zero-order valence-corrected chi connectivity index (χ0v) is 13.6. The molecule has 0 radical (unpaired) electrons. The molecule has 0 spiro atoms. The molecule has 0 saturated carbocycles. The Balaban J connectivity index is 3.06. The van der Waals surface area contributed by atoms with Gasteiger partial charge in [0.1, 0.15) is 6.54 Å². The van der Waals surface area contributed by atoms with Gasteiger partial charge in [-0.2, -0.15) is 4.31 Å². The van der Waals surface area contributed by atoms with Gasteiger partial charge in [-0.05, 0) is 30.0 Å². The largest absolute Gasteiger partial charge is 0.480 e. The zero-order valence-electron chi connectivity index (χ0n) is 12.7. The lowest BCUT2D eigenvalue weighted by atomic mass is 10.1. The summed E-state index contributed by atoms with van der Waals surface area (Å²) in [5.41, 5.74) is 1.07. The van der Waals surface area contributed by atoms with Crippen molar-refractivity contribution in [1.82, 2.24) is 4.31 Å². The fourth-order valence-corrected chi connectivity index (χ4v) is 3.62. The maximum atomic E-state index is 12.5. The maximum absolute atomic E-state index is 12.5. The van der Waals surface area contributed by atoms with E-state index in [4.69, 9.17) is 5.11 Å². The minimum atomic E-state index is -3.77. The maximum Gasteiger partial charge on any atom is 0.318 e. The first-order valence-corrected chi connectivity index (χ1v) is 8.52. The monoisotopic (exact) mass is 313 g/mol. The average molecular weight is 313 g/mol. The number of rotatable bonds is 8. The Kier molecular flexibility index (Phi) is 6.36. The SMILES string of the molecule is CCCc1ccc(S(=O)(=O)N(CC(=O)O)CC(C)C)cc1. The lowest BCUT2D eigenvalue weighted by molar-refractivity contribution is -0.137. The summed E-state index contributed by atoms with van der Waals surface area (Å²) >= 11 is 0. The standard InChI is InChI=1S/C15H23NO4S/c1-4-5-13-6-8-14(9-7-13)21(19,20)16(10-12(2)3)11-15(17)18/h6-9,12H,4-5,10-11H2,1-3H3,(H,17,18). The van der Waals surface area contributed by atoms with Crippen molar-refractivity contribution in [2.24, 2.45) is 5.92 Å². The van der Waals surface area contributed by atoms with Gasteiger partial charge >= 0.3 is 5.97 Å². The highest BCUT2D eigenvalue weighted by atomic mass is 32.2. The second kappa shape index (κ2) is 7.56. The Morgan fingerprint density at radius 2 is 1.81 bits per heavy atom. The van der Waals surface area contributed by atoms with Gasteiger partial charge in [0.2, 0.25) is 10.0 Å². The Morgan fingerprint density at radius 1 is 1.24 bits per heavy atom. The number of nitrogens with zero attached hydrogens (tertiary/aromatic N) is 1. The molecule has 1 rings (SSSR count). The van der Waals surface area contributed by atoms with Gasteiger partial charge < -0.3 is 5.11 Å². The molecule has 0 aliphatic rings. The summed E-state index contributed by atoms with van der Waals surface area (Å²) in [5.74, 6) is -1.10. The van der Waals surface area contributed by atoms with Crippen LogP contribution in [0.3, 0.4) is 0 Å². The van der Waals surface area contributed by atoms with Crippen molar-refractivity contribution in [2.45, 2.75) is 38.5 Å². The minimum Gasteiger partial charge on any atom is -0.480 e. The number of carboxylic acids is 1. The van der Waals surface area contributed by atoms with Crippen molar-refractivity contribution in [2.75, 3.05) is 13.1 Å². The average Bonchev–Trinajstić information content (AvgIpc) is 2.38. The summed E-state index contributed by atoms with van der Waals surface area (Å²) in [4.78, 5) is 11.0. The molecule has 118 valence electrons. The van der Waals surface area contributed by atoms with E-state index in [0.717, 1.165) is 22.7 Å². The van der Waals surface area contributed by atoms with Crippen LogP contribution in [-0.2, 0) is 21.2 Å². The highest BCUT2D eigenvalue weighted by Gasteiger charge is 2.27. The Bertz CT molecular complexity index is 564. The molecule has 6 heteroatoms. The predicted octanol–water partition coefficient (Wildman–Crippen LogP) is 2.37. The van der Waals surface area contributed by atoms with Crippen molar-refractivity contribution in [3.05, 3.63) is 29.8 Å². The topological polar surface area (TPSA) is 74.7 Å². The molecule has 0 bridgehead atoms. The van der Waals surface area contributed by atoms with Gasteiger partial charge in [0.25, 0.3) is 0 Å². The number of aliphatic carboxylic acids is 1. The normalized spacial score (nSPS) is 12.0. The summed E-state index contributed by atoms with van der Waals surface area (Å²) < 4.78 is 26.1. The number of carbonyl (C=O) groups is 1. The third-order valence-electron chi connectivity index (χ3n) is 2.98. The Hall–Kier alpha value is -1.40. The third kappa shape index (κ3) is 5.13. The number of hydrogen-bond donors (Lipinski definition) is 1. The summed E-state index contributed by atoms with van der Waals surface area (Å²) in [5, 5.41) is 8.91. The molecular formula is C15H23NO4S. The molecule has 1 aromatic rings. The molecule has 5 nitrogen and oxygen atoms in total. The predicted molar refractivity (Wildman–Crippen MR) is 81.7 cm³/mol. The summed E-state index contributed by atoms with van der Waals surface area (Å²) in [6, 6.07) is 6.67. The highest BCUT2D eigenvalue weighted by molar-refractivity contribution is 7.89. The van der Waals surface area contributed by atoms with Gasteiger partial charge in [-0.15, -0.1) is 0 Å². The second-order valence-corrected chi connectivity index (χ2v) is 7.42. The molecule has 1 N–H and O–H groups in total. The molecule has 0 saturated heterocycles. The lowest BCUT2D eigenvalue weighted by Gasteiger charge is -2.22. The van der Waals surface area contributed by atoms with Crippen molar-refractivity contribution >= 4 is 16.0 Å². The summed E-state index contributed by atoms with van der Waals surface area (Å²) in [7, 11) is -3.77. The minimum absolute atomic E-state index is 0.0542. The van der Waals surface area contributed by atoms with E-state index in [1.54, 1.807) is 24.3 Å². The van der Waals surface area contributed by atoms with Gasteiger partial charge in [0, 0.05) is 6.54 Å². The fraction of sp³-hybridized carbons (Fsp3) is 0.533. The van der Waals surface area contributed by atoms with E-state index in [9.17, 15) is 13.2 Å². The molecule has 0 aromatic heterocycles. The number of sulfonamides is 1. The van der Waals surface area contributed by atoms with Crippen LogP contribution in [0.25, 0.3) is 0 Å². The van der Waals surface area contributed by atoms with Crippen molar-refractivity contribution in [1.29, 1.82) is 0 Å². The van der Waals surface area contributed by atoms with E-state index < -0.39 is 22.5 Å². The number of aryl methyl sites for hydroxylation is 1. The van der Waals surface area contributed by atoms with Gasteiger partial charge in [0.15, 0.2) is 0 Å². The molecule has 0 atom stereocenters. The van der Waals surface area contributed by atoms with E-state index >= 15 is 0 Å². The van der Waals surface area contributed by atoms with Crippen LogP contribution in [0.2, 0.25) is 0 Å². The highest BCUT2D eigenvalue weighted by Crippen LogP contribution is 2.18. The van der Waals surface area contributed by atoms with Crippen molar-refractivity contribution < 1.29 is 18.3 Å². The molecule has 0 aliphatic heterocycles. The molecule has 0 amide bonds. The first kappa shape index (κ1) is 17.7. The Morgan fingerprint density at radius 3 is 2.24 bits per heavy atom. The van der Waals surface area contributed by atoms with Gasteiger partial charge in [-0.1, -0.05) is 39.3 Å². The quantitative estimate of drug-likeness (QED) is 0.799. The summed E-state index contributed by atoms with van der Waals surface area (Å²) in [6.45, 7) is 5.44. The van der Waals surface area contributed by atoms with Crippen molar-refractivity contribution in [3.63, 3.8) is 0 Å². The van der Waals surface area contributed by atoms with E-state index in [2.05, 4.69) is 6.92 Å². The van der Waals surface area contributed by atoms with Crippen LogP contribution in [0.5, 0.6) is 0 Å². The molecule has 1 aromatic carbocycles. The molecule has 21 heavy (non-hydrogen) atoms. The van der Waals surface area contributed by atoms with Crippen LogP contribution < -0.4 is 0 Å². The molecular weight excluding hydrogens is 290 g/mol. The van der Waals surface area contributed by atoms with Crippen molar-refractivity contribution in [3.8, 4) is 0 Å². The molecule has 0 fully saturated rings. The first-order valence-electron chi connectivity index (χ1n) is 7.08. The zero-order chi connectivity index (χ0) is 16.0. The van der Waals surface area contributed by atoms with Crippen LogP contribution >= 0.6 is 0 Å². The van der Waals surface area contributed by atoms with E-state index in [0.29, 0.717) is 0 Å². The van der Waals surface area contributed by atoms with E-state index in [-0.39, 0.29) is 17.4 Å². The van der Waals surface area contributed by atoms with Crippen LogP contribution in [0.15, 0.2) is 29.2 Å². The lowest BCUT2D eigenvalue weighted by Crippen LogP contribution is -2.38. The van der Waals surface area contributed by atoms with Crippen LogP contribution in [0.1, 0.15) is 32.8 Å². The van der Waals surface area contributed by atoms with Gasteiger partial charge in [0.05, 0.1) is 4.90 Å². The smallest absolute Gasteiger partial charge is 0.318 e. The van der Waals surface area contributed by atoms with Crippen LogP contribution in [0.4, 0.5) is 0 Å². The Labute approximate surface area is 126 Å². The molecule has 0 aliphatic carbocycles. The van der Waals surface area contributed by atoms with Crippen LogP contribution in [0, 0.1) is 5.92 Å². The number of carboxylic acid groups (broad SMARTS) is 1. The number of hydrogen-bond acceptors (Lipinski definition) is 3. The van der Waals surface area contributed by atoms with E-state index in [1.165, 1.54) is 0 Å². The third-order valence-corrected chi connectivity index (χ3v) is 4.81. The van der Waals surface area contributed by atoms with Crippen LogP contribution in [-0.4, -0.2) is 36.9 Å². The molecule has 0 unspecified atom stereocenters. The first-order chi connectivity index (χ1) is 9.77. The van der Waals surface area contributed by atoms with E-state index in [1.807, 2.05) is 13.8 Å². The summed E-state index contributed by atoms with van der Waals surface area (Å²) in [6.07, 6.45) is 1.88. The van der Waals surface area contributed by atoms with Gasteiger partial charge in [-0.3, -0.25) is 4.79 Å². The number of benzene rings is 1. The fourth-order valence-electron chi connectivity index (χ4n) is 2.07. The second-order valence-electron chi connectivity index (χ2n) is 5.48. The van der Waals surface area contributed by atoms with Gasteiger partial charge in [-0.25, -0.2) is 8.42 Å². The molecule has 0 heterocycles.